The van der Waals surface area contributed by atoms with E-state index >= 15 is 0 Å². The van der Waals surface area contributed by atoms with E-state index in [9.17, 15) is 20.4 Å². The van der Waals surface area contributed by atoms with Crippen LogP contribution in [0, 0.1) is 0 Å². The lowest BCUT2D eigenvalue weighted by atomic mass is 10.0. The van der Waals surface area contributed by atoms with Gasteiger partial charge < -0.3 is 25.7 Å². The minimum absolute atomic E-state index is 0.0791. The third-order valence-electron chi connectivity index (χ3n) is 4.21. The molecule has 3 aromatic carbocycles. The van der Waals surface area contributed by atoms with E-state index in [0.717, 1.165) is 22.8 Å². The lowest BCUT2D eigenvalue weighted by Gasteiger charge is -2.14. The molecular weight excluding hydrogens is 318 g/mol. The molecule has 1 unspecified atom stereocenters. The van der Waals surface area contributed by atoms with Gasteiger partial charge in [-0.3, -0.25) is 0 Å². The van der Waals surface area contributed by atoms with Crippen molar-refractivity contribution < 1.29 is 20.4 Å². The van der Waals surface area contributed by atoms with Crippen LogP contribution < -0.4 is 5.32 Å². The molecule has 0 spiro atoms. The molecule has 0 aliphatic heterocycles. The Morgan fingerprint density at radius 1 is 0.840 bits per heavy atom. The Morgan fingerprint density at radius 2 is 1.52 bits per heavy atom. The molecule has 3 rings (SSSR count). The van der Waals surface area contributed by atoms with Crippen LogP contribution in [-0.4, -0.2) is 33.5 Å². The number of aromatic hydroxyl groups is 3. The van der Waals surface area contributed by atoms with Gasteiger partial charge in [0, 0.05) is 18.0 Å². The Hall–Kier alpha value is -2.76. The van der Waals surface area contributed by atoms with Crippen molar-refractivity contribution in [1.82, 2.24) is 5.32 Å². The predicted octanol–water partition coefficient (Wildman–Crippen LogP) is 2.82. The summed E-state index contributed by atoms with van der Waals surface area (Å²) in [6.07, 6.45) is -0.0757. The van der Waals surface area contributed by atoms with Crippen LogP contribution in [0.4, 0.5) is 0 Å². The summed E-state index contributed by atoms with van der Waals surface area (Å²) in [5.74, 6) is 0.112. The summed E-state index contributed by atoms with van der Waals surface area (Å²) in [7, 11) is 0. The minimum atomic E-state index is -0.824. The Morgan fingerprint density at radius 3 is 2.24 bits per heavy atom. The number of fused-ring (bicyclic) bond motifs is 1. The van der Waals surface area contributed by atoms with Crippen LogP contribution in [0.25, 0.3) is 10.8 Å². The highest BCUT2D eigenvalue weighted by Crippen LogP contribution is 2.27. The van der Waals surface area contributed by atoms with Gasteiger partial charge in [-0.2, -0.15) is 0 Å². The average Bonchev–Trinajstić information content (AvgIpc) is 2.59. The van der Waals surface area contributed by atoms with Gasteiger partial charge in [-0.05, 0) is 47.7 Å². The van der Waals surface area contributed by atoms with E-state index in [1.165, 1.54) is 18.2 Å². The number of benzene rings is 3. The Balaban J connectivity index is 1.59. The molecule has 0 amide bonds. The first-order valence-corrected chi connectivity index (χ1v) is 8.16. The van der Waals surface area contributed by atoms with Crippen LogP contribution in [-0.2, 0) is 6.42 Å². The van der Waals surface area contributed by atoms with E-state index in [1.54, 1.807) is 6.07 Å². The van der Waals surface area contributed by atoms with Gasteiger partial charge in [0.25, 0.3) is 0 Å². The molecule has 0 radical (unpaired) electrons. The molecular formula is C20H21NO4. The molecule has 0 heterocycles. The maximum atomic E-state index is 10.2. The predicted molar refractivity (Wildman–Crippen MR) is 96.9 cm³/mol. The average molecular weight is 339 g/mol. The summed E-state index contributed by atoms with van der Waals surface area (Å²) in [5, 5.41) is 44.0. The molecule has 0 saturated heterocycles. The molecule has 0 aliphatic carbocycles. The number of aliphatic hydroxyl groups excluding tert-OH is 1. The third-order valence-corrected chi connectivity index (χ3v) is 4.21. The van der Waals surface area contributed by atoms with Crippen LogP contribution >= 0.6 is 0 Å². The van der Waals surface area contributed by atoms with Gasteiger partial charge >= 0.3 is 0 Å². The first-order valence-electron chi connectivity index (χ1n) is 8.16. The fourth-order valence-corrected chi connectivity index (χ4v) is 2.95. The first kappa shape index (κ1) is 17.1. The number of phenolic OH excluding ortho intramolecular Hbond substituents is 3. The summed E-state index contributed by atoms with van der Waals surface area (Å²) in [6.45, 7) is 0.954. The smallest absolute Gasteiger partial charge is 0.123 e. The van der Waals surface area contributed by atoms with Crippen molar-refractivity contribution >= 4 is 10.8 Å². The zero-order valence-corrected chi connectivity index (χ0v) is 13.7. The van der Waals surface area contributed by atoms with Crippen molar-refractivity contribution in [1.29, 1.82) is 0 Å². The molecule has 0 bridgehead atoms. The first-order chi connectivity index (χ1) is 12.0. The Bertz CT molecular complexity index is 858. The topological polar surface area (TPSA) is 93.0 Å². The molecule has 25 heavy (non-hydrogen) atoms. The molecule has 0 aliphatic rings. The Kier molecular flexibility index (Phi) is 5.07. The number of nitrogens with one attached hydrogen (secondary N) is 1. The minimum Gasteiger partial charge on any atom is -0.508 e. The third kappa shape index (κ3) is 4.02. The van der Waals surface area contributed by atoms with Crippen molar-refractivity contribution in [2.24, 2.45) is 0 Å². The molecule has 3 aromatic rings. The van der Waals surface area contributed by atoms with Gasteiger partial charge in [-0.15, -0.1) is 0 Å². The molecule has 0 fully saturated rings. The number of phenols is 3. The largest absolute Gasteiger partial charge is 0.508 e. The van der Waals surface area contributed by atoms with Gasteiger partial charge in [-0.25, -0.2) is 0 Å². The summed E-state index contributed by atoms with van der Waals surface area (Å²) < 4.78 is 0. The highest BCUT2D eigenvalue weighted by molar-refractivity contribution is 5.90. The van der Waals surface area contributed by atoms with Crippen LogP contribution in [0.15, 0.2) is 54.6 Å². The Labute approximate surface area is 145 Å². The van der Waals surface area contributed by atoms with Gasteiger partial charge in [0.2, 0.25) is 0 Å². The van der Waals surface area contributed by atoms with Crippen LogP contribution in [0.3, 0.4) is 0 Å². The number of aliphatic hydroxyl groups is 1. The van der Waals surface area contributed by atoms with E-state index in [-0.39, 0.29) is 17.2 Å². The van der Waals surface area contributed by atoms with E-state index in [2.05, 4.69) is 5.32 Å². The maximum Gasteiger partial charge on any atom is 0.123 e. The SMILES string of the molecule is Oc1cc(O)cc(C(O)CNCCc2ccc(O)c3ccccc23)c1. The fraction of sp³-hybridized carbons (Fsp3) is 0.200. The number of hydrogen-bond donors (Lipinski definition) is 5. The lowest BCUT2D eigenvalue weighted by molar-refractivity contribution is 0.174. The van der Waals surface area contributed by atoms with Crippen molar-refractivity contribution in [3.05, 3.63) is 65.7 Å². The van der Waals surface area contributed by atoms with E-state index < -0.39 is 6.10 Å². The monoisotopic (exact) mass is 339 g/mol. The summed E-state index contributed by atoms with van der Waals surface area (Å²) >= 11 is 0. The van der Waals surface area contributed by atoms with Gasteiger partial charge in [0.05, 0.1) is 6.10 Å². The second-order valence-electron chi connectivity index (χ2n) is 6.04. The van der Waals surface area contributed by atoms with Crippen LogP contribution in [0.2, 0.25) is 0 Å². The zero-order valence-electron chi connectivity index (χ0n) is 13.7. The van der Waals surface area contributed by atoms with Gasteiger partial charge in [0.15, 0.2) is 0 Å². The van der Waals surface area contributed by atoms with Gasteiger partial charge in [-0.1, -0.05) is 30.3 Å². The van der Waals surface area contributed by atoms with Crippen molar-refractivity contribution in [2.75, 3.05) is 13.1 Å². The quantitative estimate of drug-likeness (QED) is 0.445. The normalized spacial score (nSPS) is 12.4. The number of hydrogen-bond acceptors (Lipinski definition) is 5. The molecule has 5 heteroatoms. The van der Waals surface area contributed by atoms with E-state index in [1.807, 2.05) is 30.3 Å². The second kappa shape index (κ2) is 7.42. The highest BCUT2D eigenvalue weighted by atomic mass is 16.3. The summed E-state index contributed by atoms with van der Waals surface area (Å²) in [5.41, 5.74) is 1.57. The standard InChI is InChI=1S/C20H21NO4/c22-15-9-14(10-16(23)11-15)20(25)12-21-8-7-13-5-6-19(24)18-4-2-1-3-17(13)18/h1-6,9-11,20-25H,7-8,12H2. The van der Waals surface area contributed by atoms with Crippen molar-refractivity contribution in [2.45, 2.75) is 12.5 Å². The van der Waals surface area contributed by atoms with Crippen molar-refractivity contribution in [3.63, 3.8) is 0 Å². The molecule has 1 atom stereocenters. The molecule has 5 nitrogen and oxygen atoms in total. The fourth-order valence-electron chi connectivity index (χ4n) is 2.95. The van der Waals surface area contributed by atoms with E-state index in [0.29, 0.717) is 18.7 Å². The zero-order chi connectivity index (χ0) is 17.8. The lowest BCUT2D eigenvalue weighted by Crippen LogP contribution is -2.23. The summed E-state index contributed by atoms with van der Waals surface area (Å²) in [6, 6.07) is 15.4. The van der Waals surface area contributed by atoms with Crippen LogP contribution in [0.1, 0.15) is 17.2 Å². The number of rotatable bonds is 6. The highest BCUT2D eigenvalue weighted by Gasteiger charge is 2.10. The summed E-state index contributed by atoms with van der Waals surface area (Å²) in [4.78, 5) is 0. The molecule has 0 aromatic heterocycles. The maximum absolute atomic E-state index is 10.2. The molecule has 0 saturated carbocycles. The molecule has 130 valence electrons. The van der Waals surface area contributed by atoms with Crippen molar-refractivity contribution in [3.8, 4) is 17.2 Å². The molecule has 5 N–H and O–H groups in total. The van der Waals surface area contributed by atoms with Crippen LogP contribution in [0.5, 0.6) is 17.2 Å². The van der Waals surface area contributed by atoms with Gasteiger partial charge in [0.1, 0.15) is 17.2 Å². The second-order valence-corrected chi connectivity index (χ2v) is 6.04. The van der Waals surface area contributed by atoms with E-state index in [4.69, 9.17) is 0 Å².